The summed E-state index contributed by atoms with van der Waals surface area (Å²) in [6, 6.07) is 7.23. The first-order valence-electron chi connectivity index (χ1n) is 7.62. The lowest BCUT2D eigenvalue weighted by Gasteiger charge is -2.62. The molecule has 2 N–H and O–H groups in total. The Balaban J connectivity index is 0.00000242. The van der Waals surface area contributed by atoms with E-state index in [1.165, 1.54) is 0 Å². The molecule has 1 fully saturated rings. The van der Waals surface area contributed by atoms with E-state index in [0.717, 1.165) is 24.6 Å². The minimum absolute atomic E-state index is 0. The number of phenols is 1. The summed E-state index contributed by atoms with van der Waals surface area (Å²) >= 11 is 0. The van der Waals surface area contributed by atoms with Crippen LogP contribution in [0.1, 0.15) is 40.2 Å². The smallest absolute Gasteiger partial charge is 0.194 e. The second-order valence-corrected chi connectivity index (χ2v) is 6.87. The number of rotatable bonds is 3. The average molecular weight is 417 g/mol. The van der Waals surface area contributed by atoms with Crippen molar-refractivity contribution < 1.29 is 5.11 Å². The van der Waals surface area contributed by atoms with Crippen LogP contribution >= 0.6 is 24.0 Å². The number of benzene rings is 1. The third kappa shape index (κ3) is 3.67. The molecule has 1 aliphatic heterocycles. The molecule has 4 nitrogen and oxygen atoms in total. The number of halogens is 1. The SMILES string of the molecule is CCNC(=NCc1ccc(O)cc1)N1CC(C)(C)C1(C)C.I. The van der Waals surface area contributed by atoms with Crippen LogP contribution in [0.4, 0.5) is 0 Å². The Hall–Kier alpha value is -0.980. The van der Waals surface area contributed by atoms with Crippen molar-refractivity contribution in [1.82, 2.24) is 10.2 Å². The van der Waals surface area contributed by atoms with Gasteiger partial charge in [-0.3, -0.25) is 0 Å². The molecule has 0 bridgehead atoms. The largest absolute Gasteiger partial charge is 0.508 e. The molecule has 0 aromatic heterocycles. The number of aromatic hydroxyl groups is 1. The van der Waals surface area contributed by atoms with Gasteiger partial charge < -0.3 is 15.3 Å². The molecule has 0 atom stereocenters. The number of hydrogen-bond acceptors (Lipinski definition) is 2. The summed E-state index contributed by atoms with van der Waals surface area (Å²) in [5, 5.41) is 12.7. The highest BCUT2D eigenvalue weighted by atomic mass is 127. The fourth-order valence-corrected chi connectivity index (χ4v) is 2.56. The Morgan fingerprint density at radius 1 is 1.23 bits per heavy atom. The van der Waals surface area contributed by atoms with E-state index >= 15 is 0 Å². The summed E-state index contributed by atoms with van der Waals surface area (Å²) in [6.45, 7) is 13.7. The van der Waals surface area contributed by atoms with Crippen molar-refractivity contribution in [3.8, 4) is 5.75 Å². The molecule has 1 aromatic carbocycles. The van der Waals surface area contributed by atoms with Gasteiger partial charge in [0.2, 0.25) is 0 Å². The summed E-state index contributed by atoms with van der Waals surface area (Å²) in [4.78, 5) is 7.09. The van der Waals surface area contributed by atoms with Crippen LogP contribution in [-0.2, 0) is 6.54 Å². The van der Waals surface area contributed by atoms with Gasteiger partial charge in [0.25, 0.3) is 0 Å². The van der Waals surface area contributed by atoms with Crippen molar-refractivity contribution in [3.05, 3.63) is 29.8 Å². The number of guanidine groups is 1. The predicted molar refractivity (Wildman–Crippen MR) is 103 cm³/mol. The van der Waals surface area contributed by atoms with Crippen LogP contribution in [-0.4, -0.2) is 34.6 Å². The minimum Gasteiger partial charge on any atom is -0.508 e. The van der Waals surface area contributed by atoms with Gasteiger partial charge in [0.05, 0.1) is 6.54 Å². The van der Waals surface area contributed by atoms with Crippen LogP contribution in [0.25, 0.3) is 0 Å². The zero-order chi connectivity index (χ0) is 15.7. The number of phenolic OH excluding ortho intramolecular Hbond substituents is 1. The Morgan fingerprint density at radius 3 is 2.27 bits per heavy atom. The van der Waals surface area contributed by atoms with E-state index in [0.29, 0.717) is 17.7 Å². The molecule has 0 spiro atoms. The number of aliphatic imine (C=N–C) groups is 1. The Bertz CT molecular complexity index is 523. The molecule has 1 saturated heterocycles. The molecule has 22 heavy (non-hydrogen) atoms. The van der Waals surface area contributed by atoms with E-state index in [4.69, 9.17) is 4.99 Å². The van der Waals surface area contributed by atoms with Gasteiger partial charge in [-0.05, 0) is 38.5 Å². The Kier molecular flexibility index (Phi) is 6.12. The molecule has 1 heterocycles. The Labute approximate surface area is 151 Å². The van der Waals surface area contributed by atoms with Crippen molar-refractivity contribution in [3.63, 3.8) is 0 Å². The molecule has 1 aliphatic rings. The molecule has 0 unspecified atom stereocenters. The normalized spacial score (nSPS) is 19.1. The molecule has 0 aliphatic carbocycles. The summed E-state index contributed by atoms with van der Waals surface area (Å²) < 4.78 is 0. The van der Waals surface area contributed by atoms with Gasteiger partial charge in [-0.15, -0.1) is 24.0 Å². The van der Waals surface area contributed by atoms with Crippen molar-refractivity contribution in [2.75, 3.05) is 13.1 Å². The predicted octanol–water partition coefficient (Wildman–Crippen LogP) is 3.60. The third-order valence-electron chi connectivity index (χ3n) is 4.82. The van der Waals surface area contributed by atoms with E-state index in [9.17, 15) is 5.11 Å². The van der Waals surface area contributed by atoms with Gasteiger partial charge in [-0.2, -0.15) is 0 Å². The second kappa shape index (κ2) is 7.06. The molecule has 2 rings (SSSR count). The van der Waals surface area contributed by atoms with Crippen LogP contribution < -0.4 is 5.32 Å². The van der Waals surface area contributed by atoms with E-state index < -0.39 is 0 Å². The summed E-state index contributed by atoms with van der Waals surface area (Å²) in [7, 11) is 0. The molecule has 1 aromatic rings. The van der Waals surface area contributed by atoms with Gasteiger partial charge in [0.1, 0.15) is 5.75 Å². The average Bonchev–Trinajstić information content (AvgIpc) is 2.43. The minimum atomic E-state index is 0. The quantitative estimate of drug-likeness (QED) is 0.449. The molecule has 0 saturated carbocycles. The van der Waals surface area contributed by atoms with Crippen molar-refractivity contribution in [2.24, 2.45) is 10.4 Å². The van der Waals surface area contributed by atoms with E-state index in [1.807, 2.05) is 12.1 Å². The highest BCUT2D eigenvalue weighted by Gasteiger charge is 2.53. The highest BCUT2D eigenvalue weighted by molar-refractivity contribution is 14.0. The second-order valence-electron chi connectivity index (χ2n) is 6.87. The lowest BCUT2D eigenvalue weighted by Crippen LogP contribution is -2.72. The molecule has 5 heteroatoms. The monoisotopic (exact) mass is 417 g/mol. The van der Waals surface area contributed by atoms with Gasteiger partial charge in [0, 0.05) is 24.0 Å². The van der Waals surface area contributed by atoms with Crippen LogP contribution in [0.2, 0.25) is 0 Å². The van der Waals surface area contributed by atoms with Crippen molar-refractivity contribution in [1.29, 1.82) is 0 Å². The van der Waals surface area contributed by atoms with Crippen LogP contribution in [0, 0.1) is 5.41 Å². The lowest BCUT2D eigenvalue weighted by atomic mass is 9.65. The Morgan fingerprint density at radius 2 is 1.82 bits per heavy atom. The maximum absolute atomic E-state index is 9.32. The zero-order valence-corrected chi connectivity index (χ0v) is 16.5. The molecular formula is C17H28IN3O. The van der Waals surface area contributed by atoms with Gasteiger partial charge in [-0.1, -0.05) is 26.0 Å². The van der Waals surface area contributed by atoms with Gasteiger partial charge in [-0.25, -0.2) is 4.99 Å². The first-order chi connectivity index (χ1) is 9.78. The fraction of sp³-hybridized carbons (Fsp3) is 0.588. The van der Waals surface area contributed by atoms with E-state index in [1.54, 1.807) is 12.1 Å². The first-order valence-corrected chi connectivity index (χ1v) is 7.62. The topological polar surface area (TPSA) is 47.9 Å². The van der Waals surface area contributed by atoms with Crippen LogP contribution in [0.5, 0.6) is 5.75 Å². The number of hydrogen-bond donors (Lipinski definition) is 2. The molecule has 124 valence electrons. The number of likely N-dealkylation sites (tertiary alicyclic amines) is 1. The molecule has 0 radical (unpaired) electrons. The standard InChI is InChI=1S/C17H27N3O.HI/c1-6-18-15(20-12-16(2,3)17(20,4)5)19-11-13-7-9-14(21)10-8-13;/h7-10,21H,6,11-12H2,1-5H3,(H,18,19);1H. The molecule has 0 amide bonds. The van der Waals surface area contributed by atoms with Crippen molar-refractivity contribution in [2.45, 2.75) is 46.7 Å². The third-order valence-corrected chi connectivity index (χ3v) is 4.82. The first kappa shape index (κ1) is 19.1. The summed E-state index contributed by atoms with van der Waals surface area (Å²) in [5.74, 6) is 1.26. The summed E-state index contributed by atoms with van der Waals surface area (Å²) in [6.07, 6.45) is 0. The van der Waals surface area contributed by atoms with Gasteiger partial charge in [0.15, 0.2) is 5.96 Å². The van der Waals surface area contributed by atoms with E-state index in [2.05, 4.69) is 44.8 Å². The number of nitrogens with zero attached hydrogens (tertiary/aromatic N) is 2. The lowest BCUT2D eigenvalue weighted by molar-refractivity contribution is -0.0667. The van der Waals surface area contributed by atoms with E-state index in [-0.39, 0.29) is 29.5 Å². The maximum Gasteiger partial charge on any atom is 0.194 e. The van der Waals surface area contributed by atoms with Gasteiger partial charge >= 0.3 is 0 Å². The maximum atomic E-state index is 9.32. The highest BCUT2D eigenvalue weighted by Crippen LogP contribution is 2.46. The molecular weight excluding hydrogens is 389 g/mol. The van der Waals surface area contributed by atoms with Crippen molar-refractivity contribution >= 4 is 29.9 Å². The fourth-order valence-electron chi connectivity index (χ4n) is 2.56. The van der Waals surface area contributed by atoms with Crippen LogP contribution in [0.3, 0.4) is 0 Å². The zero-order valence-electron chi connectivity index (χ0n) is 14.2. The van der Waals surface area contributed by atoms with Crippen LogP contribution in [0.15, 0.2) is 29.3 Å². The summed E-state index contributed by atoms with van der Waals surface area (Å²) in [5.41, 5.74) is 1.49. The number of nitrogens with one attached hydrogen (secondary N) is 1.